The minimum Gasteiger partial charge on any atom is -0.446 e. The van der Waals surface area contributed by atoms with Gasteiger partial charge in [0.2, 0.25) is 0 Å². The molecule has 1 heterocycles. The molecule has 0 saturated carbocycles. The Morgan fingerprint density at radius 1 is 1.64 bits per heavy atom. The molecule has 0 aliphatic heterocycles. The zero-order valence-electron chi connectivity index (χ0n) is 8.25. The first-order valence-electron chi connectivity index (χ1n) is 4.46. The van der Waals surface area contributed by atoms with Crippen molar-refractivity contribution in [3.05, 3.63) is 18.7 Å². The molecule has 1 aromatic rings. The molecule has 78 valence electrons. The van der Waals surface area contributed by atoms with Crippen molar-refractivity contribution in [1.29, 1.82) is 0 Å². The largest absolute Gasteiger partial charge is 0.446 e. The molecular weight excluding hydrogens is 184 g/mol. The summed E-state index contributed by atoms with van der Waals surface area (Å²) >= 11 is 0. The number of nitrogens with zero attached hydrogens (tertiary/aromatic N) is 2. The fraction of sp³-hybridized carbons (Fsp3) is 0.556. The summed E-state index contributed by atoms with van der Waals surface area (Å²) in [7, 11) is 0. The van der Waals surface area contributed by atoms with Gasteiger partial charge in [-0.25, -0.2) is 14.3 Å². The maximum absolute atomic E-state index is 11.3. The van der Waals surface area contributed by atoms with Crippen LogP contribution in [0.2, 0.25) is 0 Å². The van der Waals surface area contributed by atoms with Crippen molar-refractivity contribution < 1.29 is 14.6 Å². The van der Waals surface area contributed by atoms with Gasteiger partial charge in [0.25, 0.3) is 0 Å². The molecule has 0 fully saturated rings. The quantitative estimate of drug-likeness (QED) is 0.787. The fourth-order valence-corrected chi connectivity index (χ4v) is 1.13. The van der Waals surface area contributed by atoms with E-state index in [0.717, 1.165) is 0 Å². The smallest absolute Gasteiger partial charge is 0.419 e. The van der Waals surface area contributed by atoms with Crippen LogP contribution in [0, 0.1) is 0 Å². The van der Waals surface area contributed by atoms with Crippen LogP contribution in [0.25, 0.3) is 0 Å². The monoisotopic (exact) mass is 198 g/mol. The maximum atomic E-state index is 11.3. The summed E-state index contributed by atoms with van der Waals surface area (Å²) in [6, 6.07) is 0. The highest BCUT2D eigenvalue weighted by Crippen LogP contribution is 2.03. The second-order valence-electron chi connectivity index (χ2n) is 3.25. The molecule has 2 unspecified atom stereocenters. The van der Waals surface area contributed by atoms with E-state index >= 15 is 0 Å². The first-order valence-corrected chi connectivity index (χ1v) is 4.46. The lowest BCUT2D eigenvalue weighted by molar-refractivity contribution is 0.0697. The number of aliphatic hydroxyl groups excluding tert-OH is 1. The molecule has 1 aromatic heterocycles. The van der Waals surface area contributed by atoms with Crippen LogP contribution in [0.1, 0.15) is 20.3 Å². The van der Waals surface area contributed by atoms with Gasteiger partial charge >= 0.3 is 6.09 Å². The van der Waals surface area contributed by atoms with Gasteiger partial charge in [0.1, 0.15) is 12.4 Å². The van der Waals surface area contributed by atoms with E-state index in [4.69, 9.17) is 9.84 Å². The SMILES string of the molecule is CC(O)CC(C)OC(=O)n1ccnc1. The predicted octanol–water partition coefficient (Wildman–Crippen LogP) is 1.03. The number of hydrogen-bond donors (Lipinski definition) is 1. The molecule has 0 radical (unpaired) electrons. The third-order valence-corrected chi connectivity index (χ3v) is 1.69. The van der Waals surface area contributed by atoms with E-state index in [0.29, 0.717) is 6.42 Å². The van der Waals surface area contributed by atoms with E-state index in [9.17, 15) is 4.79 Å². The van der Waals surface area contributed by atoms with Crippen LogP contribution < -0.4 is 0 Å². The molecular formula is C9H14N2O3. The summed E-state index contributed by atoms with van der Waals surface area (Å²) in [6.45, 7) is 3.39. The summed E-state index contributed by atoms with van der Waals surface area (Å²) < 4.78 is 6.28. The van der Waals surface area contributed by atoms with Crippen LogP contribution >= 0.6 is 0 Å². The minimum absolute atomic E-state index is 0.301. The molecule has 0 bridgehead atoms. The van der Waals surface area contributed by atoms with Crippen LogP contribution in [0.4, 0.5) is 4.79 Å². The summed E-state index contributed by atoms with van der Waals surface area (Å²) in [5.74, 6) is 0. The second kappa shape index (κ2) is 4.76. The van der Waals surface area contributed by atoms with Crippen molar-refractivity contribution in [2.45, 2.75) is 32.5 Å². The second-order valence-corrected chi connectivity index (χ2v) is 3.25. The Labute approximate surface area is 82.3 Å². The highest BCUT2D eigenvalue weighted by Gasteiger charge is 2.12. The van der Waals surface area contributed by atoms with E-state index in [-0.39, 0.29) is 6.10 Å². The Hall–Kier alpha value is -1.36. The normalized spacial score (nSPS) is 14.8. The first kappa shape index (κ1) is 10.7. The molecule has 0 saturated heterocycles. The molecule has 1 N–H and O–H groups in total. The molecule has 14 heavy (non-hydrogen) atoms. The van der Waals surface area contributed by atoms with Gasteiger partial charge in [-0.2, -0.15) is 0 Å². The van der Waals surface area contributed by atoms with Crippen LogP contribution in [0.5, 0.6) is 0 Å². The Morgan fingerprint density at radius 2 is 2.36 bits per heavy atom. The molecule has 1 rings (SSSR count). The third-order valence-electron chi connectivity index (χ3n) is 1.69. The van der Waals surface area contributed by atoms with Crippen LogP contribution in [0.3, 0.4) is 0 Å². The number of aliphatic hydroxyl groups is 1. The minimum atomic E-state index is -0.476. The van der Waals surface area contributed by atoms with Gasteiger partial charge in [0.05, 0.1) is 6.10 Å². The van der Waals surface area contributed by atoms with Crippen LogP contribution in [-0.2, 0) is 4.74 Å². The third kappa shape index (κ3) is 3.18. The molecule has 5 nitrogen and oxygen atoms in total. The highest BCUT2D eigenvalue weighted by molar-refractivity contribution is 5.70. The van der Waals surface area contributed by atoms with Gasteiger partial charge in [0, 0.05) is 18.8 Å². The number of imidazole rings is 1. The molecule has 0 aliphatic carbocycles. The zero-order valence-corrected chi connectivity index (χ0v) is 8.25. The van der Waals surface area contributed by atoms with Crippen molar-refractivity contribution >= 4 is 6.09 Å². The summed E-state index contributed by atoms with van der Waals surface area (Å²) in [4.78, 5) is 15.0. The highest BCUT2D eigenvalue weighted by atomic mass is 16.6. The first-order chi connectivity index (χ1) is 6.59. The summed E-state index contributed by atoms with van der Waals surface area (Å²) in [5, 5.41) is 9.06. The van der Waals surface area contributed by atoms with Crippen LogP contribution in [0.15, 0.2) is 18.7 Å². The maximum Gasteiger partial charge on any atom is 0.419 e. The van der Waals surface area contributed by atoms with Gasteiger partial charge in [-0.3, -0.25) is 0 Å². The van der Waals surface area contributed by atoms with Crippen molar-refractivity contribution in [2.24, 2.45) is 0 Å². The predicted molar refractivity (Wildman–Crippen MR) is 49.9 cm³/mol. The standard InChI is InChI=1S/C9H14N2O3/c1-7(12)5-8(2)14-9(13)11-4-3-10-6-11/h3-4,6-8,12H,5H2,1-2H3. The van der Waals surface area contributed by atoms with Gasteiger partial charge in [-0.05, 0) is 13.8 Å². The van der Waals surface area contributed by atoms with E-state index in [2.05, 4.69) is 4.98 Å². The van der Waals surface area contributed by atoms with Gasteiger partial charge in [0.15, 0.2) is 0 Å². The van der Waals surface area contributed by atoms with Crippen LogP contribution in [-0.4, -0.2) is 33.0 Å². The lowest BCUT2D eigenvalue weighted by atomic mass is 10.2. The summed E-state index contributed by atoms with van der Waals surface area (Å²) in [5.41, 5.74) is 0. The molecule has 0 amide bonds. The van der Waals surface area contributed by atoms with Crippen molar-refractivity contribution in [1.82, 2.24) is 9.55 Å². The number of aromatic nitrogens is 2. The van der Waals surface area contributed by atoms with Gasteiger partial charge in [-0.15, -0.1) is 0 Å². The molecule has 2 atom stereocenters. The van der Waals surface area contributed by atoms with Gasteiger partial charge in [-0.1, -0.05) is 0 Å². The van der Waals surface area contributed by atoms with E-state index in [1.54, 1.807) is 13.8 Å². The Morgan fingerprint density at radius 3 is 2.86 bits per heavy atom. The van der Waals surface area contributed by atoms with Gasteiger partial charge < -0.3 is 9.84 Å². The molecule has 0 spiro atoms. The molecule has 0 aromatic carbocycles. The number of rotatable bonds is 3. The number of ether oxygens (including phenoxy) is 1. The average molecular weight is 198 g/mol. The summed E-state index contributed by atoms with van der Waals surface area (Å²) in [6.07, 6.45) is 3.57. The lowest BCUT2D eigenvalue weighted by Gasteiger charge is -2.14. The number of carbonyl (C=O) groups excluding carboxylic acids is 1. The Kier molecular flexibility index (Phi) is 3.64. The fourth-order valence-electron chi connectivity index (χ4n) is 1.13. The molecule has 0 aliphatic rings. The Bertz CT molecular complexity index is 282. The van der Waals surface area contributed by atoms with E-state index in [1.807, 2.05) is 0 Å². The van der Waals surface area contributed by atoms with Crippen molar-refractivity contribution in [2.75, 3.05) is 0 Å². The zero-order chi connectivity index (χ0) is 10.6. The molecule has 5 heteroatoms. The Balaban J connectivity index is 2.41. The van der Waals surface area contributed by atoms with Crippen molar-refractivity contribution in [3.63, 3.8) is 0 Å². The van der Waals surface area contributed by atoms with Crippen molar-refractivity contribution in [3.8, 4) is 0 Å². The lowest BCUT2D eigenvalue weighted by Crippen LogP contribution is -2.22. The van der Waals surface area contributed by atoms with E-state index < -0.39 is 12.2 Å². The topological polar surface area (TPSA) is 64.3 Å². The van der Waals surface area contributed by atoms with E-state index in [1.165, 1.54) is 23.3 Å². The number of hydrogen-bond acceptors (Lipinski definition) is 4. The number of carbonyl (C=O) groups is 1. The average Bonchev–Trinajstić information content (AvgIpc) is 2.53.